The normalized spacial score (nSPS) is 13.5. The number of aryl methyl sites for hydroxylation is 1. The van der Waals surface area contributed by atoms with Crippen LogP contribution in [0.1, 0.15) is 68.1 Å². The summed E-state index contributed by atoms with van der Waals surface area (Å²) in [6.07, 6.45) is 1.96. The van der Waals surface area contributed by atoms with Crippen LogP contribution in [-0.4, -0.2) is 15.7 Å². The van der Waals surface area contributed by atoms with Crippen molar-refractivity contribution in [2.75, 3.05) is 0 Å². The number of benzene rings is 1. The Labute approximate surface area is 155 Å². The van der Waals surface area contributed by atoms with Gasteiger partial charge in [-0.3, -0.25) is 9.48 Å². The zero-order chi connectivity index (χ0) is 18.6. The maximum atomic E-state index is 12.4. The highest BCUT2D eigenvalue weighted by molar-refractivity contribution is 6.31. The number of aromatic nitrogens is 2. The molecule has 1 N–H and O–H groups in total. The average Bonchev–Trinajstić information content (AvgIpc) is 2.86. The largest absolute Gasteiger partial charge is 0.348 e. The van der Waals surface area contributed by atoms with E-state index in [1.807, 2.05) is 13.8 Å². The van der Waals surface area contributed by atoms with Crippen LogP contribution in [0.15, 0.2) is 24.3 Å². The van der Waals surface area contributed by atoms with Crippen LogP contribution in [0, 0.1) is 13.8 Å². The van der Waals surface area contributed by atoms with Crippen molar-refractivity contribution in [3.05, 3.63) is 51.8 Å². The fraction of sp³-hybridized carbons (Fsp3) is 0.500. The first kappa shape index (κ1) is 19.5. The molecular weight excluding hydrogens is 334 g/mol. The molecule has 0 aliphatic carbocycles. The van der Waals surface area contributed by atoms with Gasteiger partial charge in [-0.25, -0.2) is 0 Å². The zero-order valence-electron chi connectivity index (χ0n) is 15.8. The molecule has 1 aromatic carbocycles. The Morgan fingerprint density at radius 1 is 1.16 bits per heavy atom. The summed E-state index contributed by atoms with van der Waals surface area (Å²) in [6.45, 7) is 10.4. The number of nitrogens with one attached hydrogen (secondary N) is 1. The Morgan fingerprint density at radius 2 is 1.76 bits per heavy atom. The molecular formula is C20H28ClN3O. The topological polar surface area (TPSA) is 46.9 Å². The Bertz CT molecular complexity index is 721. The molecule has 1 amide bonds. The molecule has 0 spiro atoms. The minimum atomic E-state index is -0.0554. The smallest absolute Gasteiger partial charge is 0.242 e. The van der Waals surface area contributed by atoms with Crippen molar-refractivity contribution in [2.24, 2.45) is 0 Å². The highest BCUT2D eigenvalue weighted by Gasteiger charge is 2.16. The molecule has 0 aliphatic rings. The van der Waals surface area contributed by atoms with E-state index in [0.29, 0.717) is 10.9 Å². The van der Waals surface area contributed by atoms with E-state index in [0.717, 1.165) is 29.8 Å². The highest BCUT2D eigenvalue weighted by Crippen LogP contribution is 2.23. The Hall–Kier alpha value is -1.81. The van der Waals surface area contributed by atoms with E-state index in [9.17, 15) is 4.79 Å². The van der Waals surface area contributed by atoms with Crippen LogP contribution in [-0.2, 0) is 11.3 Å². The fourth-order valence-corrected chi connectivity index (χ4v) is 3.05. The maximum absolute atomic E-state index is 12.4. The number of hydrogen-bond acceptors (Lipinski definition) is 2. The van der Waals surface area contributed by atoms with Gasteiger partial charge in [-0.05, 0) is 43.7 Å². The quantitative estimate of drug-likeness (QED) is 0.759. The van der Waals surface area contributed by atoms with Gasteiger partial charge in [0, 0.05) is 0 Å². The van der Waals surface area contributed by atoms with Crippen molar-refractivity contribution in [1.82, 2.24) is 15.1 Å². The lowest BCUT2D eigenvalue weighted by molar-refractivity contribution is -0.122. The monoisotopic (exact) mass is 361 g/mol. The van der Waals surface area contributed by atoms with Crippen LogP contribution >= 0.6 is 11.6 Å². The number of amides is 1. The summed E-state index contributed by atoms with van der Waals surface area (Å²) in [5.41, 5.74) is 4.04. The second kappa shape index (κ2) is 8.52. The summed E-state index contributed by atoms with van der Waals surface area (Å²) >= 11 is 6.15. The van der Waals surface area contributed by atoms with Crippen LogP contribution in [0.3, 0.4) is 0 Å². The summed E-state index contributed by atoms with van der Waals surface area (Å²) < 4.78 is 1.66. The molecule has 0 radical (unpaired) electrons. The third-order valence-electron chi connectivity index (χ3n) is 4.85. The lowest BCUT2D eigenvalue weighted by atomic mass is 9.95. The van der Waals surface area contributed by atoms with Crippen LogP contribution in [0.25, 0.3) is 0 Å². The first-order valence-corrected chi connectivity index (χ1v) is 9.33. The number of carbonyl (C=O) groups is 1. The van der Waals surface area contributed by atoms with Gasteiger partial charge in [-0.1, -0.05) is 56.6 Å². The number of rotatable bonds is 7. The van der Waals surface area contributed by atoms with Gasteiger partial charge in [-0.2, -0.15) is 5.10 Å². The number of hydrogen-bond donors (Lipinski definition) is 1. The first-order chi connectivity index (χ1) is 11.9. The minimum Gasteiger partial charge on any atom is -0.348 e. The van der Waals surface area contributed by atoms with Crippen molar-refractivity contribution in [3.8, 4) is 0 Å². The second-order valence-electron chi connectivity index (χ2n) is 6.65. The fourth-order valence-electron chi connectivity index (χ4n) is 2.92. The number of carbonyl (C=O) groups excluding carboxylic acids is 1. The molecule has 0 fully saturated rings. The number of nitrogens with zero attached hydrogens (tertiary/aromatic N) is 2. The third-order valence-corrected chi connectivity index (χ3v) is 5.40. The van der Waals surface area contributed by atoms with E-state index in [1.165, 1.54) is 5.56 Å². The molecule has 2 unspecified atom stereocenters. The van der Waals surface area contributed by atoms with Gasteiger partial charge in [-0.15, -0.1) is 0 Å². The van der Waals surface area contributed by atoms with E-state index < -0.39 is 0 Å². The van der Waals surface area contributed by atoms with Crippen molar-refractivity contribution in [1.29, 1.82) is 0 Å². The summed E-state index contributed by atoms with van der Waals surface area (Å²) in [5.74, 6) is 0.500. The third kappa shape index (κ3) is 4.63. The van der Waals surface area contributed by atoms with E-state index in [4.69, 9.17) is 11.6 Å². The Kier molecular flexibility index (Phi) is 6.65. The number of halogens is 1. The zero-order valence-corrected chi connectivity index (χ0v) is 16.5. The Balaban J connectivity index is 2.05. The molecule has 4 nitrogen and oxygen atoms in total. The molecule has 5 heteroatoms. The maximum Gasteiger partial charge on any atom is 0.242 e. The summed E-state index contributed by atoms with van der Waals surface area (Å²) in [5, 5.41) is 8.05. The molecule has 0 bridgehead atoms. The second-order valence-corrected chi connectivity index (χ2v) is 7.02. The molecule has 0 saturated heterocycles. The van der Waals surface area contributed by atoms with Gasteiger partial charge >= 0.3 is 0 Å². The molecule has 2 aromatic rings. The van der Waals surface area contributed by atoms with E-state index in [1.54, 1.807) is 4.68 Å². The molecule has 25 heavy (non-hydrogen) atoms. The van der Waals surface area contributed by atoms with Gasteiger partial charge in [0.1, 0.15) is 6.54 Å². The Morgan fingerprint density at radius 3 is 2.24 bits per heavy atom. The van der Waals surface area contributed by atoms with E-state index in [2.05, 4.69) is 55.5 Å². The van der Waals surface area contributed by atoms with Gasteiger partial charge in [0.2, 0.25) is 5.91 Å². The summed E-state index contributed by atoms with van der Waals surface area (Å²) in [6, 6.07) is 8.58. The van der Waals surface area contributed by atoms with Gasteiger partial charge < -0.3 is 5.32 Å². The summed E-state index contributed by atoms with van der Waals surface area (Å²) in [4.78, 5) is 12.4. The molecule has 1 aromatic heterocycles. The minimum absolute atomic E-state index is 0.00548. The standard InChI is InChI=1S/C20H28ClN3O/c1-6-13(3)16-8-10-17(11-9-16)18(7-2)22-19(25)12-24-15(5)20(21)14(4)23-24/h8-11,13,18H,6-7,12H2,1-5H3,(H,22,25). The lowest BCUT2D eigenvalue weighted by Crippen LogP contribution is -2.31. The van der Waals surface area contributed by atoms with Gasteiger partial charge in [0.25, 0.3) is 0 Å². The van der Waals surface area contributed by atoms with Crippen LogP contribution in [0.2, 0.25) is 5.02 Å². The molecule has 0 aliphatic heterocycles. The predicted octanol–water partition coefficient (Wildman–Crippen LogP) is 4.93. The van der Waals surface area contributed by atoms with Gasteiger partial charge in [0.05, 0.1) is 22.5 Å². The summed E-state index contributed by atoms with van der Waals surface area (Å²) in [7, 11) is 0. The lowest BCUT2D eigenvalue weighted by Gasteiger charge is -2.19. The SMILES string of the molecule is CCC(C)c1ccc(C(CC)NC(=O)Cn2nc(C)c(Cl)c2C)cc1. The molecule has 136 valence electrons. The van der Waals surface area contributed by atoms with Gasteiger partial charge in [0.15, 0.2) is 0 Å². The molecule has 2 atom stereocenters. The molecule has 1 heterocycles. The highest BCUT2D eigenvalue weighted by atomic mass is 35.5. The van der Waals surface area contributed by atoms with E-state index in [-0.39, 0.29) is 18.5 Å². The predicted molar refractivity (Wildman–Crippen MR) is 103 cm³/mol. The van der Waals surface area contributed by atoms with Crippen molar-refractivity contribution in [2.45, 2.75) is 66.0 Å². The van der Waals surface area contributed by atoms with Crippen molar-refractivity contribution in [3.63, 3.8) is 0 Å². The average molecular weight is 362 g/mol. The molecule has 0 saturated carbocycles. The van der Waals surface area contributed by atoms with Crippen LogP contribution in [0.4, 0.5) is 0 Å². The first-order valence-electron chi connectivity index (χ1n) is 8.96. The van der Waals surface area contributed by atoms with Crippen molar-refractivity contribution < 1.29 is 4.79 Å². The molecule has 2 rings (SSSR count). The van der Waals surface area contributed by atoms with Crippen LogP contribution in [0.5, 0.6) is 0 Å². The van der Waals surface area contributed by atoms with Crippen LogP contribution < -0.4 is 5.32 Å². The van der Waals surface area contributed by atoms with Crippen molar-refractivity contribution >= 4 is 17.5 Å². The van der Waals surface area contributed by atoms with E-state index >= 15 is 0 Å².